The molecule has 2 aromatic rings. The summed E-state index contributed by atoms with van der Waals surface area (Å²) in [6.07, 6.45) is 0.986. The summed E-state index contributed by atoms with van der Waals surface area (Å²) in [5.41, 5.74) is 0.485. The van der Waals surface area contributed by atoms with Crippen molar-refractivity contribution in [1.29, 1.82) is 0 Å². The average molecular weight is 289 g/mol. The molecule has 0 aromatic heterocycles. The molecular weight excluding hydrogens is 272 g/mol. The lowest BCUT2D eigenvalue weighted by molar-refractivity contribution is 0.0114. The van der Waals surface area contributed by atoms with Crippen LogP contribution in [0, 0.1) is 11.6 Å². The Morgan fingerprint density at radius 2 is 1.57 bits per heavy atom. The summed E-state index contributed by atoms with van der Waals surface area (Å²) in [5, 5.41) is 10.7. The van der Waals surface area contributed by atoms with Crippen LogP contribution in [0.5, 0.6) is 0 Å². The van der Waals surface area contributed by atoms with Gasteiger partial charge < -0.3 is 10.0 Å². The lowest BCUT2D eigenvalue weighted by Gasteiger charge is -2.39. The number of nitrogens with zero attached hydrogens (tertiary/aromatic N) is 1. The molecule has 1 N–H and O–H groups in total. The van der Waals surface area contributed by atoms with E-state index in [2.05, 4.69) is 4.90 Å². The fourth-order valence-corrected chi connectivity index (χ4v) is 2.85. The molecule has 0 radical (unpaired) electrons. The molecule has 0 amide bonds. The van der Waals surface area contributed by atoms with Gasteiger partial charge >= 0.3 is 0 Å². The van der Waals surface area contributed by atoms with Crippen molar-refractivity contribution in [2.45, 2.75) is 18.4 Å². The third-order valence-corrected chi connectivity index (χ3v) is 4.17. The molecule has 0 saturated carbocycles. The molecule has 0 aliphatic carbocycles. The van der Waals surface area contributed by atoms with E-state index in [9.17, 15) is 13.9 Å². The van der Waals surface area contributed by atoms with Gasteiger partial charge in [0.05, 0.1) is 5.60 Å². The Morgan fingerprint density at radius 3 is 2.19 bits per heavy atom. The fourth-order valence-electron chi connectivity index (χ4n) is 2.85. The Kier molecular flexibility index (Phi) is 3.64. The van der Waals surface area contributed by atoms with Crippen molar-refractivity contribution in [2.24, 2.45) is 0 Å². The first kappa shape index (κ1) is 14.0. The van der Waals surface area contributed by atoms with E-state index in [4.69, 9.17) is 0 Å². The van der Waals surface area contributed by atoms with Crippen molar-refractivity contribution >= 4 is 5.69 Å². The molecule has 1 aliphatic rings. The molecule has 1 aliphatic heterocycles. The van der Waals surface area contributed by atoms with Crippen LogP contribution >= 0.6 is 0 Å². The number of piperidine rings is 1. The second-order valence-electron chi connectivity index (χ2n) is 5.48. The first-order chi connectivity index (χ1) is 10.1. The molecule has 4 heteroatoms. The number of halogens is 2. The molecule has 0 bridgehead atoms. The summed E-state index contributed by atoms with van der Waals surface area (Å²) in [4.78, 5) is 2.19. The molecule has 1 heterocycles. The number of para-hydroxylation sites is 1. The van der Waals surface area contributed by atoms with Gasteiger partial charge in [-0.3, -0.25) is 0 Å². The Hall–Kier alpha value is -1.94. The predicted octanol–water partition coefficient (Wildman–Crippen LogP) is 3.45. The van der Waals surface area contributed by atoms with Crippen molar-refractivity contribution < 1.29 is 13.9 Å². The van der Waals surface area contributed by atoms with Gasteiger partial charge in [-0.15, -0.1) is 0 Å². The standard InChI is InChI=1S/C17H17F2NO/c18-15-7-6-13(12-16(15)19)17(21)8-10-20(11-9-17)14-4-2-1-3-5-14/h1-7,12,21H,8-11H2. The van der Waals surface area contributed by atoms with E-state index >= 15 is 0 Å². The van der Waals surface area contributed by atoms with Crippen LogP contribution in [0.15, 0.2) is 48.5 Å². The van der Waals surface area contributed by atoms with E-state index in [0.717, 1.165) is 17.8 Å². The Balaban J connectivity index is 1.76. The van der Waals surface area contributed by atoms with Gasteiger partial charge in [0.1, 0.15) is 0 Å². The number of benzene rings is 2. The number of rotatable bonds is 2. The van der Waals surface area contributed by atoms with Gasteiger partial charge in [-0.2, -0.15) is 0 Å². The number of hydrogen-bond donors (Lipinski definition) is 1. The largest absolute Gasteiger partial charge is 0.385 e. The maximum absolute atomic E-state index is 13.3. The van der Waals surface area contributed by atoms with E-state index in [1.165, 1.54) is 6.07 Å². The fraction of sp³-hybridized carbons (Fsp3) is 0.294. The summed E-state index contributed by atoms with van der Waals surface area (Å²) in [6, 6.07) is 13.6. The van der Waals surface area contributed by atoms with Gasteiger partial charge in [-0.05, 0) is 42.7 Å². The van der Waals surface area contributed by atoms with Crippen molar-refractivity contribution in [3.8, 4) is 0 Å². The van der Waals surface area contributed by atoms with Crippen LogP contribution in [0.2, 0.25) is 0 Å². The smallest absolute Gasteiger partial charge is 0.159 e. The van der Waals surface area contributed by atoms with E-state index in [1.54, 1.807) is 0 Å². The SMILES string of the molecule is OC1(c2ccc(F)c(F)c2)CCN(c2ccccc2)CC1. The van der Waals surface area contributed by atoms with Crippen molar-refractivity contribution in [3.63, 3.8) is 0 Å². The normalized spacial score (nSPS) is 17.8. The third kappa shape index (κ3) is 2.76. The Bertz CT molecular complexity index is 622. The number of aliphatic hydroxyl groups is 1. The zero-order chi connectivity index (χ0) is 14.9. The van der Waals surface area contributed by atoms with Crippen molar-refractivity contribution in [2.75, 3.05) is 18.0 Å². The van der Waals surface area contributed by atoms with Crippen LogP contribution in [0.25, 0.3) is 0 Å². The van der Waals surface area contributed by atoms with Crippen LogP contribution in [0.1, 0.15) is 18.4 Å². The second kappa shape index (κ2) is 5.45. The third-order valence-electron chi connectivity index (χ3n) is 4.17. The second-order valence-corrected chi connectivity index (χ2v) is 5.48. The van der Waals surface area contributed by atoms with Gasteiger partial charge in [0.25, 0.3) is 0 Å². The van der Waals surface area contributed by atoms with E-state index in [0.29, 0.717) is 31.5 Å². The molecule has 2 aromatic carbocycles. The van der Waals surface area contributed by atoms with Crippen LogP contribution in [-0.2, 0) is 5.60 Å². The highest BCUT2D eigenvalue weighted by atomic mass is 19.2. The molecule has 3 rings (SSSR count). The zero-order valence-electron chi connectivity index (χ0n) is 11.6. The number of hydrogen-bond acceptors (Lipinski definition) is 2. The van der Waals surface area contributed by atoms with E-state index in [-0.39, 0.29) is 0 Å². The first-order valence-electron chi connectivity index (χ1n) is 7.06. The topological polar surface area (TPSA) is 23.5 Å². The first-order valence-corrected chi connectivity index (χ1v) is 7.06. The molecule has 0 atom stereocenters. The monoisotopic (exact) mass is 289 g/mol. The van der Waals surface area contributed by atoms with Crippen LogP contribution < -0.4 is 4.90 Å². The van der Waals surface area contributed by atoms with E-state index in [1.807, 2.05) is 30.3 Å². The predicted molar refractivity (Wildman–Crippen MR) is 78.1 cm³/mol. The lowest BCUT2D eigenvalue weighted by Crippen LogP contribution is -2.42. The summed E-state index contributed by atoms with van der Waals surface area (Å²) in [5.74, 6) is -1.80. The lowest BCUT2D eigenvalue weighted by atomic mass is 9.84. The molecule has 2 nitrogen and oxygen atoms in total. The minimum atomic E-state index is -1.08. The summed E-state index contributed by atoms with van der Waals surface area (Å²) >= 11 is 0. The maximum atomic E-state index is 13.3. The van der Waals surface area contributed by atoms with Crippen LogP contribution in [-0.4, -0.2) is 18.2 Å². The highest BCUT2D eigenvalue weighted by molar-refractivity contribution is 5.46. The quantitative estimate of drug-likeness (QED) is 0.915. The highest BCUT2D eigenvalue weighted by Gasteiger charge is 2.34. The van der Waals surface area contributed by atoms with Crippen molar-refractivity contribution in [3.05, 3.63) is 65.7 Å². The van der Waals surface area contributed by atoms with Crippen LogP contribution in [0.4, 0.5) is 14.5 Å². The summed E-state index contributed by atoms with van der Waals surface area (Å²) in [7, 11) is 0. The zero-order valence-corrected chi connectivity index (χ0v) is 11.6. The average Bonchev–Trinajstić information content (AvgIpc) is 2.51. The van der Waals surface area contributed by atoms with Crippen LogP contribution in [0.3, 0.4) is 0 Å². The van der Waals surface area contributed by atoms with Gasteiger partial charge in [-0.1, -0.05) is 24.3 Å². The molecule has 0 unspecified atom stereocenters. The molecule has 1 saturated heterocycles. The molecule has 21 heavy (non-hydrogen) atoms. The van der Waals surface area contributed by atoms with Gasteiger partial charge in [0, 0.05) is 18.8 Å². The molecule has 1 fully saturated rings. The molecular formula is C17H17F2NO. The molecule has 0 spiro atoms. The van der Waals surface area contributed by atoms with E-state index < -0.39 is 17.2 Å². The highest BCUT2D eigenvalue weighted by Crippen LogP contribution is 2.34. The molecule has 110 valence electrons. The minimum Gasteiger partial charge on any atom is -0.385 e. The summed E-state index contributed by atoms with van der Waals surface area (Å²) in [6.45, 7) is 1.36. The van der Waals surface area contributed by atoms with Crippen molar-refractivity contribution in [1.82, 2.24) is 0 Å². The number of anilines is 1. The maximum Gasteiger partial charge on any atom is 0.159 e. The van der Waals surface area contributed by atoms with Gasteiger partial charge in [0.2, 0.25) is 0 Å². The summed E-state index contributed by atoms with van der Waals surface area (Å²) < 4.78 is 26.4. The Labute approximate surface area is 122 Å². The van der Waals surface area contributed by atoms with Gasteiger partial charge in [-0.25, -0.2) is 8.78 Å². The minimum absolute atomic E-state index is 0.453. The van der Waals surface area contributed by atoms with Gasteiger partial charge in [0.15, 0.2) is 11.6 Å². The Morgan fingerprint density at radius 1 is 0.905 bits per heavy atom.